The van der Waals surface area contributed by atoms with Crippen molar-refractivity contribution in [2.75, 3.05) is 27.9 Å². The molecule has 0 saturated heterocycles. The molecule has 0 saturated carbocycles. The number of carbonyl (C=O) groups excluding carboxylic acids is 4. The minimum atomic E-state index is -1.13. The maximum Gasteiger partial charge on any atom is 0.328 e. The first-order chi connectivity index (χ1) is 11.9. The summed E-state index contributed by atoms with van der Waals surface area (Å²) >= 11 is 0. The summed E-state index contributed by atoms with van der Waals surface area (Å²) in [4.78, 5) is 49.1. The smallest absolute Gasteiger partial charge is 0.328 e. The van der Waals surface area contributed by atoms with Gasteiger partial charge >= 0.3 is 17.9 Å². The molecule has 0 radical (unpaired) electrons. The van der Waals surface area contributed by atoms with E-state index in [2.05, 4.69) is 9.47 Å². The standard InChI is InChI=1S/C17H21NO7/c1-23-14(19)10-9-13(17(22)25-3)18(11-15(20)24-2)16(21)12-7-5-4-6-8-12/h4-8,13H,9-11H2,1-3H3/t13-/m0/s1. The molecule has 0 fully saturated rings. The first kappa shape index (κ1) is 20.1. The number of benzene rings is 1. The molecule has 1 rings (SSSR count). The lowest BCUT2D eigenvalue weighted by Crippen LogP contribution is -2.48. The second kappa shape index (κ2) is 10.1. The Morgan fingerprint density at radius 1 is 0.920 bits per heavy atom. The van der Waals surface area contributed by atoms with Crippen molar-refractivity contribution in [2.45, 2.75) is 18.9 Å². The third kappa shape index (κ3) is 5.91. The lowest BCUT2D eigenvalue weighted by Gasteiger charge is -2.29. The zero-order valence-electron chi connectivity index (χ0n) is 14.4. The summed E-state index contributed by atoms with van der Waals surface area (Å²) < 4.78 is 13.9. The number of esters is 3. The van der Waals surface area contributed by atoms with Crippen molar-refractivity contribution in [3.05, 3.63) is 35.9 Å². The molecule has 1 aromatic rings. The van der Waals surface area contributed by atoms with Crippen molar-refractivity contribution >= 4 is 23.8 Å². The molecular weight excluding hydrogens is 330 g/mol. The fraction of sp³-hybridized carbons (Fsp3) is 0.412. The molecule has 8 nitrogen and oxygen atoms in total. The maximum absolute atomic E-state index is 12.8. The largest absolute Gasteiger partial charge is 0.469 e. The molecular formula is C17H21NO7. The van der Waals surface area contributed by atoms with E-state index in [0.717, 1.165) is 12.0 Å². The van der Waals surface area contributed by atoms with Crippen LogP contribution < -0.4 is 0 Å². The number of nitrogens with zero attached hydrogens (tertiary/aromatic N) is 1. The predicted molar refractivity (Wildman–Crippen MR) is 86.5 cm³/mol. The molecule has 1 amide bonds. The van der Waals surface area contributed by atoms with Crippen LogP contribution in [0.25, 0.3) is 0 Å². The highest BCUT2D eigenvalue weighted by Crippen LogP contribution is 2.15. The number of methoxy groups -OCH3 is 3. The molecule has 136 valence electrons. The Balaban J connectivity index is 3.14. The van der Waals surface area contributed by atoms with Gasteiger partial charge in [0.05, 0.1) is 21.3 Å². The van der Waals surface area contributed by atoms with E-state index < -0.39 is 36.4 Å². The molecule has 25 heavy (non-hydrogen) atoms. The SMILES string of the molecule is COC(=O)CC[C@@H](C(=O)OC)N(CC(=O)OC)C(=O)c1ccccc1. The van der Waals surface area contributed by atoms with Crippen molar-refractivity contribution in [1.82, 2.24) is 4.90 Å². The van der Waals surface area contributed by atoms with Crippen LogP contribution in [0.2, 0.25) is 0 Å². The van der Waals surface area contributed by atoms with Crippen molar-refractivity contribution < 1.29 is 33.4 Å². The summed E-state index contributed by atoms with van der Waals surface area (Å²) in [5.41, 5.74) is 0.290. The zero-order valence-corrected chi connectivity index (χ0v) is 14.4. The molecule has 0 aromatic heterocycles. The quantitative estimate of drug-likeness (QED) is 0.504. The number of carbonyl (C=O) groups is 4. The van der Waals surface area contributed by atoms with Gasteiger partial charge < -0.3 is 19.1 Å². The predicted octanol–water partition coefficient (Wildman–Crippen LogP) is 0.797. The summed E-state index contributed by atoms with van der Waals surface area (Å²) in [5.74, 6) is -2.53. The van der Waals surface area contributed by atoms with Crippen LogP contribution in [0.4, 0.5) is 0 Å². The van der Waals surface area contributed by atoms with Crippen molar-refractivity contribution in [3.8, 4) is 0 Å². The monoisotopic (exact) mass is 351 g/mol. The molecule has 1 atom stereocenters. The van der Waals surface area contributed by atoms with Crippen LogP contribution in [0.5, 0.6) is 0 Å². The molecule has 0 unspecified atom stereocenters. The van der Waals surface area contributed by atoms with E-state index in [1.807, 2.05) is 0 Å². The van der Waals surface area contributed by atoms with Gasteiger partial charge in [-0.2, -0.15) is 0 Å². The van der Waals surface area contributed by atoms with Gasteiger partial charge in [0.2, 0.25) is 0 Å². The summed E-state index contributed by atoms with van der Waals surface area (Å²) in [7, 11) is 3.56. The maximum atomic E-state index is 12.8. The Kier molecular flexibility index (Phi) is 8.11. The van der Waals surface area contributed by atoms with Crippen LogP contribution in [0, 0.1) is 0 Å². The molecule has 0 N–H and O–H groups in total. The van der Waals surface area contributed by atoms with Crippen molar-refractivity contribution in [3.63, 3.8) is 0 Å². The minimum absolute atomic E-state index is 0.0467. The lowest BCUT2D eigenvalue weighted by molar-refractivity contribution is -0.149. The van der Waals surface area contributed by atoms with E-state index in [9.17, 15) is 19.2 Å². The second-order valence-electron chi connectivity index (χ2n) is 5.03. The van der Waals surface area contributed by atoms with Crippen molar-refractivity contribution in [1.29, 1.82) is 0 Å². The van der Waals surface area contributed by atoms with Gasteiger partial charge in [-0.1, -0.05) is 18.2 Å². The Labute approximate surface area is 145 Å². The first-order valence-electron chi connectivity index (χ1n) is 7.52. The minimum Gasteiger partial charge on any atom is -0.469 e. The first-order valence-corrected chi connectivity index (χ1v) is 7.52. The molecule has 0 aliphatic heterocycles. The Hall–Kier alpha value is -2.90. The van der Waals surface area contributed by atoms with Crippen LogP contribution in [-0.2, 0) is 28.6 Å². The number of rotatable bonds is 8. The molecule has 0 spiro atoms. The van der Waals surface area contributed by atoms with E-state index >= 15 is 0 Å². The normalized spacial score (nSPS) is 11.2. The van der Waals surface area contributed by atoms with E-state index in [0.29, 0.717) is 5.56 Å². The number of ether oxygens (including phenoxy) is 3. The van der Waals surface area contributed by atoms with E-state index in [4.69, 9.17) is 4.74 Å². The van der Waals surface area contributed by atoms with E-state index in [1.54, 1.807) is 30.3 Å². The fourth-order valence-corrected chi connectivity index (χ4v) is 2.17. The average molecular weight is 351 g/mol. The van der Waals surface area contributed by atoms with Gasteiger partial charge in [-0.25, -0.2) is 4.79 Å². The lowest BCUT2D eigenvalue weighted by atomic mass is 10.1. The number of hydrogen-bond acceptors (Lipinski definition) is 7. The fourth-order valence-electron chi connectivity index (χ4n) is 2.17. The van der Waals surface area contributed by atoms with Gasteiger partial charge in [0.15, 0.2) is 0 Å². The topological polar surface area (TPSA) is 99.2 Å². The molecule has 0 aliphatic carbocycles. The van der Waals surface area contributed by atoms with Gasteiger partial charge in [-0.15, -0.1) is 0 Å². The summed E-state index contributed by atoms with van der Waals surface area (Å²) in [6.45, 7) is -0.453. The summed E-state index contributed by atoms with van der Waals surface area (Å²) in [6.07, 6.45) is -0.162. The molecule has 8 heteroatoms. The van der Waals surface area contributed by atoms with Crippen LogP contribution in [-0.4, -0.2) is 62.6 Å². The van der Waals surface area contributed by atoms with Gasteiger partial charge in [0, 0.05) is 12.0 Å². The molecule has 0 aliphatic rings. The molecule has 1 aromatic carbocycles. The highest BCUT2D eigenvalue weighted by molar-refractivity contribution is 5.98. The Morgan fingerprint density at radius 3 is 2.04 bits per heavy atom. The third-order valence-electron chi connectivity index (χ3n) is 3.51. The highest BCUT2D eigenvalue weighted by Gasteiger charge is 2.33. The van der Waals surface area contributed by atoms with E-state index in [-0.39, 0.29) is 12.8 Å². The van der Waals surface area contributed by atoms with Crippen LogP contribution >= 0.6 is 0 Å². The Morgan fingerprint density at radius 2 is 1.52 bits per heavy atom. The summed E-state index contributed by atoms with van der Waals surface area (Å²) in [5, 5.41) is 0. The molecule has 0 heterocycles. The highest BCUT2D eigenvalue weighted by atomic mass is 16.5. The van der Waals surface area contributed by atoms with E-state index in [1.165, 1.54) is 14.2 Å². The summed E-state index contributed by atoms with van der Waals surface area (Å²) in [6, 6.07) is 7.03. The van der Waals surface area contributed by atoms with Gasteiger partial charge in [-0.3, -0.25) is 14.4 Å². The average Bonchev–Trinajstić information content (AvgIpc) is 2.66. The van der Waals surface area contributed by atoms with Crippen LogP contribution in [0.3, 0.4) is 0 Å². The number of hydrogen-bond donors (Lipinski definition) is 0. The van der Waals surface area contributed by atoms with Crippen LogP contribution in [0.15, 0.2) is 30.3 Å². The zero-order chi connectivity index (χ0) is 18.8. The van der Waals surface area contributed by atoms with Crippen molar-refractivity contribution in [2.24, 2.45) is 0 Å². The Bertz CT molecular complexity index is 615. The van der Waals surface area contributed by atoms with Gasteiger partial charge in [0.25, 0.3) is 5.91 Å². The van der Waals surface area contributed by atoms with Gasteiger partial charge in [-0.05, 0) is 18.6 Å². The third-order valence-corrected chi connectivity index (χ3v) is 3.51. The van der Waals surface area contributed by atoms with Gasteiger partial charge in [0.1, 0.15) is 12.6 Å². The molecule has 0 bridgehead atoms. The van der Waals surface area contributed by atoms with Crippen LogP contribution in [0.1, 0.15) is 23.2 Å². The number of amides is 1. The second-order valence-corrected chi connectivity index (χ2v) is 5.03.